The lowest BCUT2D eigenvalue weighted by molar-refractivity contribution is 0.590. The van der Waals surface area contributed by atoms with E-state index in [-0.39, 0.29) is 11.6 Å². The van der Waals surface area contributed by atoms with Gasteiger partial charge in [0.1, 0.15) is 17.3 Å². The van der Waals surface area contributed by atoms with Crippen LogP contribution in [0.1, 0.15) is 12.8 Å². The van der Waals surface area contributed by atoms with Gasteiger partial charge in [0.25, 0.3) is 0 Å². The summed E-state index contributed by atoms with van der Waals surface area (Å²) in [7, 11) is 0. The summed E-state index contributed by atoms with van der Waals surface area (Å²) >= 11 is 0. The molecule has 1 aromatic carbocycles. The second-order valence-corrected chi connectivity index (χ2v) is 4.31. The van der Waals surface area contributed by atoms with Gasteiger partial charge in [0.05, 0.1) is 6.20 Å². The Morgan fingerprint density at radius 3 is 2.58 bits per heavy atom. The number of nitrogens with zero attached hydrogens (tertiary/aromatic N) is 3. The van der Waals surface area contributed by atoms with Gasteiger partial charge in [-0.3, -0.25) is 0 Å². The van der Waals surface area contributed by atoms with Crippen LogP contribution in [0.5, 0.6) is 0 Å². The number of anilines is 3. The van der Waals surface area contributed by atoms with Gasteiger partial charge in [-0.05, 0) is 25.0 Å². The highest BCUT2D eigenvalue weighted by molar-refractivity contribution is 5.55. The van der Waals surface area contributed by atoms with Crippen LogP contribution in [0.3, 0.4) is 0 Å². The fraction of sp³-hybridized carbons (Fsp3) is 0.250. The third-order valence-electron chi connectivity index (χ3n) is 2.69. The zero-order valence-corrected chi connectivity index (χ0v) is 9.90. The van der Waals surface area contributed by atoms with Crippen molar-refractivity contribution in [2.24, 2.45) is 0 Å². The van der Waals surface area contributed by atoms with Gasteiger partial charge in [0.2, 0.25) is 5.95 Å². The zero-order valence-electron chi connectivity index (χ0n) is 9.90. The summed E-state index contributed by atoms with van der Waals surface area (Å²) in [5, 5.41) is 13.1. The molecule has 7 heteroatoms. The number of benzene rings is 1. The quantitative estimate of drug-likeness (QED) is 0.887. The van der Waals surface area contributed by atoms with Crippen LogP contribution in [0.2, 0.25) is 0 Å². The smallest absolute Gasteiger partial charge is 0.249 e. The van der Waals surface area contributed by atoms with Crippen molar-refractivity contribution in [2.45, 2.75) is 18.9 Å². The van der Waals surface area contributed by atoms with E-state index in [0.29, 0.717) is 11.9 Å². The normalized spacial score (nSPS) is 14.2. The van der Waals surface area contributed by atoms with E-state index in [1.165, 1.54) is 12.3 Å². The van der Waals surface area contributed by atoms with Gasteiger partial charge in [-0.25, -0.2) is 8.78 Å². The van der Waals surface area contributed by atoms with E-state index in [1.807, 2.05) is 0 Å². The maximum atomic E-state index is 13.5. The lowest BCUT2D eigenvalue weighted by Gasteiger charge is -2.08. The molecule has 0 amide bonds. The van der Waals surface area contributed by atoms with Gasteiger partial charge >= 0.3 is 0 Å². The first-order valence-corrected chi connectivity index (χ1v) is 5.89. The molecule has 1 aliphatic carbocycles. The maximum absolute atomic E-state index is 13.5. The second-order valence-electron chi connectivity index (χ2n) is 4.31. The molecular weight excluding hydrogens is 252 g/mol. The van der Waals surface area contributed by atoms with Crippen molar-refractivity contribution in [2.75, 3.05) is 10.6 Å². The van der Waals surface area contributed by atoms with E-state index in [1.54, 1.807) is 0 Å². The summed E-state index contributed by atoms with van der Waals surface area (Å²) in [6.07, 6.45) is 3.66. The predicted molar refractivity (Wildman–Crippen MR) is 66.1 cm³/mol. The number of aromatic nitrogens is 3. The third-order valence-corrected chi connectivity index (χ3v) is 2.69. The number of nitrogens with one attached hydrogen (secondary N) is 2. The Bertz CT molecular complexity index is 580. The molecule has 0 bridgehead atoms. The van der Waals surface area contributed by atoms with Crippen LogP contribution < -0.4 is 10.6 Å². The van der Waals surface area contributed by atoms with Crippen LogP contribution in [-0.2, 0) is 0 Å². The molecule has 1 heterocycles. The molecule has 0 spiro atoms. The predicted octanol–water partition coefficient (Wildman–Crippen LogP) is 2.47. The van der Waals surface area contributed by atoms with Crippen molar-refractivity contribution in [1.82, 2.24) is 15.2 Å². The first-order chi connectivity index (χ1) is 9.22. The fourth-order valence-electron chi connectivity index (χ4n) is 1.59. The Morgan fingerprint density at radius 1 is 1.16 bits per heavy atom. The van der Waals surface area contributed by atoms with E-state index >= 15 is 0 Å². The topological polar surface area (TPSA) is 62.7 Å². The van der Waals surface area contributed by atoms with Crippen molar-refractivity contribution in [1.29, 1.82) is 0 Å². The second kappa shape index (κ2) is 4.75. The van der Waals surface area contributed by atoms with Gasteiger partial charge in [-0.15, -0.1) is 5.10 Å². The van der Waals surface area contributed by atoms with Gasteiger partial charge in [-0.2, -0.15) is 10.1 Å². The molecule has 0 aliphatic heterocycles. The number of para-hydroxylation sites is 1. The molecule has 2 aromatic rings. The largest absolute Gasteiger partial charge is 0.366 e. The Balaban J connectivity index is 1.82. The van der Waals surface area contributed by atoms with Crippen molar-refractivity contribution in [3.8, 4) is 0 Å². The van der Waals surface area contributed by atoms with Gasteiger partial charge < -0.3 is 10.6 Å². The Kier molecular flexibility index (Phi) is 2.94. The molecule has 98 valence electrons. The molecular formula is C12H11F2N5. The Morgan fingerprint density at radius 2 is 1.89 bits per heavy atom. The maximum Gasteiger partial charge on any atom is 0.249 e. The number of rotatable bonds is 4. The van der Waals surface area contributed by atoms with Crippen molar-refractivity contribution in [3.05, 3.63) is 36.0 Å². The minimum Gasteiger partial charge on any atom is -0.366 e. The van der Waals surface area contributed by atoms with Crippen LogP contribution in [0.25, 0.3) is 0 Å². The van der Waals surface area contributed by atoms with Crippen molar-refractivity contribution in [3.63, 3.8) is 0 Å². The number of hydrogen-bond donors (Lipinski definition) is 2. The lowest BCUT2D eigenvalue weighted by Crippen LogP contribution is -2.08. The molecule has 3 rings (SSSR count). The molecule has 2 N–H and O–H groups in total. The molecule has 0 atom stereocenters. The summed E-state index contributed by atoms with van der Waals surface area (Å²) in [6.45, 7) is 0. The molecule has 1 aromatic heterocycles. The lowest BCUT2D eigenvalue weighted by atomic mass is 10.3. The van der Waals surface area contributed by atoms with Crippen LogP contribution in [-0.4, -0.2) is 21.2 Å². The standard InChI is InChI=1S/C12H11F2N5/c13-8-2-1-3-9(14)11(8)18-12-17-10(6-15-19-12)16-7-4-5-7/h1-3,6-7H,4-5H2,(H2,16,17,18,19). The summed E-state index contributed by atoms with van der Waals surface area (Å²) in [5.41, 5.74) is -0.284. The summed E-state index contributed by atoms with van der Waals surface area (Å²) in [6, 6.07) is 4.02. The first-order valence-electron chi connectivity index (χ1n) is 5.89. The highest BCUT2D eigenvalue weighted by Gasteiger charge is 2.21. The molecule has 1 saturated carbocycles. The third kappa shape index (κ3) is 2.75. The van der Waals surface area contributed by atoms with E-state index in [9.17, 15) is 8.78 Å². The molecule has 19 heavy (non-hydrogen) atoms. The zero-order chi connectivity index (χ0) is 13.2. The van der Waals surface area contributed by atoms with E-state index in [4.69, 9.17) is 0 Å². The Hall–Kier alpha value is -2.31. The summed E-state index contributed by atoms with van der Waals surface area (Å²) < 4.78 is 26.9. The highest BCUT2D eigenvalue weighted by atomic mass is 19.1. The minimum atomic E-state index is -0.704. The molecule has 0 saturated heterocycles. The summed E-state index contributed by atoms with van der Waals surface area (Å²) in [4.78, 5) is 4.10. The first kappa shape index (κ1) is 11.8. The van der Waals surface area contributed by atoms with Gasteiger partial charge in [-0.1, -0.05) is 6.07 Å². The molecule has 1 aliphatic rings. The van der Waals surface area contributed by atoms with Gasteiger partial charge in [0, 0.05) is 6.04 Å². The fourth-order valence-corrected chi connectivity index (χ4v) is 1.59. The highest BCUT2D eigenvalue weighted by Crippen LogP contribution is 2.24. The van der Waals surface area contributed by atoms with Gasteiger partial charge in [0.15, 0.2) is 5.82 Å². The number of hydrogen-bond acceptors (Lipinski definition) is 5. The van der Waals surface area contributed by atoms with E-state index < -0.39 is 11.6 Å². The SMILES string of the molecule is Fc1cccc(F)c1Nc1nncc(NC2CC2)n1. The average molecular weight is 263 g/mol. The van der Waals surface area contributed by atoms with Crippen LogP contribution in [0.15, 0.2) is 24.4 Å². The van der Waals surface area contributed by atoms with Crippen molar-refractivity contribution < 1.29 is 8.78 Å². The van der Waals surface area contributed by atoms with Crippen molar-refractivity contribution >= 4 is 17.5 Å². The number of halogens is 2. The van der Waals surface area contributed by atoms with Crippen LogP contribution in [0.4, 0.5) is 26.2 Å². The summed E-state index contributed by atoms with van der Waals surface area (Å²) in [5.74, 6) is -0.820. The van der Waals surface area contributed by atoms with Crippen LogP contribution >= 0.6 is 0 Å². The monoisotopic (exact) mass is 263 g/mol. The molecule has 1 fully saturated rings. The van der Waals surface area contributed by atoms with Crippen LogP contribution in [0, 0.1) is 11.6 Å². The molecule has 0 unspecified atom stereocenters. The van der Waals surface area contributed by atoms with E-state index in [2.05, 4.69) is 25.8 Å². The molecule has 5 nitrogen and oxygen atoms in total. The Labute approximate surface area is 108 Å². The van der Waals surface area contributed by atoms with E-state index in [0.717, 1.165) is 25.0 Å². The average Bonchev–Trinajstić information content (AvgIpc) is 3.18. The molecule has 0 radical (unpaired) electrons. The minimum absolute atomic E-state index is 0.0506.